The molecule has 0 saturated carbocycles. The Morgan fingerprint density at radius 3 is 2.65 bits per heavy atom. The molecule has 0 aliphatic rings. The van der Waals surface area contributed by atoms with E-state index in [1.165, 1.54) is 5.56 Å². The van der Waals surface area contributed by atoms with E-state index in [2.05, 4.69) is 25.2 Å². The van der Waals surface area contributed by atoms with Crippen LogP contribution in [-0.2, 0) is 0 Å². The van der Waals surface area contributed by atoms with Gasteiger partial charge in [0, 0.05) is 12.0 Å². The highest BCUT2D eigenvalue weighted by Gasteiger charge is 2.08. The van der Waals surface area contributed by atoms with Gasteiger partial charge in [-0.3, -0.25) is 4.79 Å². The van der Waals surface area contributed by atoms with Crippen molar-refractivity contribution in [3.63, 3.8) is 0 Å². The Bertz CT molecular complexity index is 371. The summed E-state index contributed by atoms with van der Waals surface area (Å²) in [6, 6.07) is 6.03. The SMILES string of the molecule is CCCNCCCC(=O)c1ccc(C)cc1C. The second-order valence-electron chi connectivity index (χ2n) is 4.60. The van der Waals surface area contributed by atoms with E-state index < -0.39 is 0 Å². The summed E-state index contributed by atoms with van der Waals surface area (Å²) in [6.45, 7) is 8.18. The number of aryl methyl sites for hydroxylation is 2. The first-order valence-electron chi connectivity index (χ1n) is 6.46. The maximum Gasteiger partial charge on any atom is 0.163 e. The summed E-state index contributed by atoms with van der Waals surface area (Å²) in [5.74, 6) is 0.265. The molecule has 1 aromatic rings. The summed E-state index contributed by atoms with van der Waals surface area (Å²) in [7, 11) is 0. The number of rotatable bonds is 7. The van der Waals surface area contributed by atoms with Crippen LogP contribution in [0.4, 0.5) is 0 Å². The van der Waals surface area contributed by atoms with Crippen molar-refractivity contribution in [1.29, 1.82) is 0 Å². The fourth-order valence-corrected chi connectivity index (χ4v) is 1.94. The molecule has 0 fully saturated rings. The van der Waals surface area contributed by atoms with Gasteiger partial charge in [0.1, 0.15) is 0 Å². The van der Waals surface area contributed by atoms with E-state index in [0.717, 1.165) is 37.1 Å². The number of carbonyl (C=O) groups is 1. The normalized spacial score (nSPS) is 10.5. The molecule has 2 nitrogen and oxygen atoms in total. The van der Waals surface area contributed by atoms with E-state index in [9.17, 15) is 4.79 Å². The van der Waals surface area contributed by atoms with Gasteiger partial charge in [0.15, 0.2) is 5.78 Å². The zero-order valence-corrected chi connectivity index (χ0v) is 11.2. The minimum atomic E-state index is 0.265. The molecule has 0 spiro atoms. The van der Waals surface area contributed by atoms with Crippen molar-refractivity contribution < 1.29 is 4.79 Å². The molecule has 0 bridgehead atoms. The smallest absolute Gasteiger partial charge is 0.163 e. The van der Waals surface area contributed by atoms with Gasteiger partial charge in [-0.15, -0.1) is 0 Å². The lowest BCUT2D eigenvalue weighted by Crippen LogP contribution is -2.17. The third-order valence-electron chi connectivity index (χ3n) is 2.87. The molecule has 2 heteroatoms. The first-order chi connectivity index (χ1) is 8.15. The van der Waals surface area contributed by atoms with Gasteiger partial charge in [-0.2, -0.15) is 0 Å². The summed E-state index contributed by atoms with van der Waals surface area (Å²) in [5, 5.41) is 3.31. The number of hydrogen-bond acceptors (Lipinski definition) is 2. The topological polar surface area (TPSA) is 29.1 Å². The fourth-order valence-electron chi connectivity index (χ4n) is 1.94. The molecule has 1 rings (SSSR count). The first-order valence-corrected chi connectivity index (χ1v) is 6.46. The Morgan fingerprint density at radius 2 is 2.00 bits per heavy atom. The molecule has 0 atom stereocenters. The van der Waals surface area contributed by atoms with E-state index in [1.54, 1.807) is 0 Å². The zero-order valence-electron chi connectivity index (χ0n) is 11.2. The molecule has 0 amide bonds. The highest BCUT2D eigenvalue weighted by atomic mass is 16.1. The van der Waals surface area contributed by atoms with Crippen molar-refractivity contribution in [3.05, 3.63) is 34.9 Å². The average molecular weight is 233 g/mol. The van der Waals surface area contributed by atoms with Crippen molar-refractivity contribution in [2.24, 2.45) is 0 Å². The Hall–Kier alpha value is -1.15. The molecular weight excluding hydrogens is 210 g/mol. The Balaban J connectivity index is 2.42. The number of ketones is 1. The van der Waals surface area contributed by atoms with Gasteiger partial charge in [0.2, 0.25) is 0 Å². The molecule has 1 N–H and O–H groups in total. The Morgan fingerprint density at radius 1 is 1.24 bits per heavy atom. The van der Waals surface area contributed by atoms with Crippen molar-refractivity contribution in [2.45, 2.75) is 40.0 Å². The minimum absolute atomic E-state index is 0.265. The maximum absolute atomic E-state index is 12.0. The molecule has 17 heavy (non-hydrogen) atoms. The van der Waals surface area contributed by atoms with Crippen molar-refractivity contribution in [1.82, 2.24) is 5.32 Å². The molecule has 0 aliphatic heterocycles. The van der Waals surface area contributed by atoms with Crippen LogP contribution >= 0.6 is 0 Å². The van der Waals surface area contributed by atoms with Crippen LogP contribution in [0.1, 0.15) is 47.7 Å². The third kappa shape index (κ3) is 4.70. The lowest BCUT2D eigenvalue weighted by Gasteiger charge is -2.06. The summed E-state index contributed by atoms with van der Waals surface area (Å²) in [6.07, 6.45) is 2.71. The van der Waals surface area contributed by atoms with Gasteiger partial charge in [-0.25, -0.2) is 0 Å². The number of nitrogens with one attached hydrogen (secondary N) is 1. The van der Waals surface area contributed by atoms with Crippen LogP contribution < -0.4 is 5.32 Å². The van der Waals surface area contributed by atoms with Crippen LogP contribution in [0.5, 0.6) is 0 Å². The molecule has 0 heterocycles. The minimum Gasteiger partial charge on any atom is -0.317 e. The number of Topliss-reactive ketones (excluding diaryl/α,β-unsaturated/α-hetero) is 1. The molecule has 0 aliphatic carbocycles. The number of hydrogen-bond donors (Lipinski definition) is 1. The molecule has 94 valence electrons. The van der Waals surface area contributed by atoms with Crippen molar-refractivity contribution in [3.8, 4) is 0 Å². The predicted octanol–water partition coefficient (Wildman–Crippen LogP) is 3.27. The lowest BCUT2D eigenvalue weighted by atomic mass is 10.00. The molecule has 0 unspecified atom stereocenters. The quantitative estimate of drug-likeness (QED) is 0.578. The summed E-state index contributed by atoms with van der Waals surface area (Å²) in [5.41, 5.74) is 3.19. The predicted molar refractivity (Wildman–Crippen MR) is 72.6 cm³/mol. The van der Waals surface area contributed by atoms with Gasteiger partial charge >= 0.3 is 0 Å². The third-order valence-corrected chi connectivity index (χ3v) is 2.87. The Labute approximate surface area is 104 Å². The average Bonchev–Trinajstić information content (AvgIpc) is 2.28. The monoisotopic (exact) mass is 233 g/mol. The van der Waals surface area contributed by atoms with E-state index in [-0.39, 0.29) is 5.78 Å². The summed E-state index contributed by atoms with van der Waals surface area (Å²) < 4.78 is 0. The molecule has 1 aromatic carbocycles. The largest absolute Gasteiger partial charge is 0.317 e. The number of carbonyl (C=O) groups excluding carboxylic acids is 1. The summed E-state index contributed by atoms with van der Waals surface area (Å²) in [4.78, 5) is 12.0. The second-order valence-corrected chi connectivity index (χ2v) is 4.60. The maximum atomic E-state index is 12.0. The fraction of sp³-hybridized carbons (Fsp3) is 0.533. The van der Waals surface area contributed by atoms with Crippen LogP contribution in [0.2, 0.25) is 0 Å². The van der Waals surface area contributed by atoms with Crippen molar-refractivity contribution in [2.75, 3.05) is 13.1 Å². The van der Waals surface area contributed by atoms with E-state index >= 15 is 0 Å². The van der Waals surface area contributed by atoms with E-state index in [0.29, 0.717) is 6.42 Å². The van der Waals surface area contributed by atoms with Crippen LogP contribution in [0.15, 0.2) is 18.2 Å². The number of benzene rings is 1. The van der Waals surface area contributed by atoms with Gasteiger partial charge in [-0.05, 0) is 45.3 Å². The first kappa shape index (κ1) is 13.9. The van der Waals surface area contributed by atoms with Crippen LogP contribution in [-0.4, -0.2) is 18.9 Å². The van der Waals surface area contributed by atoms with Crippen LogP contribution in [0.25, 0.3) is 0 Å². The highest BCUT2D eigenvalue weighted by molar-refractivity contribution is 5.97. The molecular formula is C15H23NO. The lowest BCUT2D eigenvalue weighted by molar-refractivity contribution is 0.0979. The van der Waals surface area contributed by atoms with Crippen molar-refractivity contribution >= 4 is 5.78 Å². The van der Waals surface area contributed by atoms with Gasteiger partial charge < -0.3 is 5.32 Å². The summed E-state index contributed by atoms with van der Waals surface area (Å²) >= 11 is 0. The zero-order chi connectivity index (χ0) is 12.7. The molecule has 0 saturated heterocycles. The van der Waals surface area contributed by atoms with Crippen LogP contribution in [0.3, 0.4) is 0 Å². The standard InChI is InChI=1S/C15H23NO/c1-4-9-16-10-5-6-15(17)14-8-7-12(2)11-13(14)3/h7-8,11,16H,4-6,9-10H2,1-3H3. The second kappa shape index (κ2) is 7.23. The Kier molecular flexibility index (Phi) is 5.92. The molecule has 0 radical (unpaired) electrons. The van der Waals surface area contributed by atoms with Crippen LogP contribution in [0, 0.1) is 13.8 Å². The van der Waals surface area contributed by atoms with Gasteiger partial charge in [0.05, 0.1) is 0 Å². The molecule has 0 aromatic heterocycles. The van der Waals surface area contributed by atoms with E-state index in [4.69, 9.17) is 0 Å². The van der Waals surface area contributed by atoms with E-state index in [1.807, 2.05) is 19.1 Å². The van der Waals surface area contributed by atoms with Gasteiger partial charge in [0.25, 0.3) is 0 Å². The highest BCUT2D eigenvalue weighted by Crippen LogP contribution is 2.13. The van der Waals surface area contributed by atoms with Gasteiger partial charge in [-0.1, -0.05) is 30.7 Å².